The normalized spacial score (nSPS) is 11.2. The Hall–Kier alpha value is -2.53. The van der Waals surface area contributed by atoms with Gasteiger partial charge >= 0.3 is 0 Å². The average Bonchev–Trinajstić information content (AvgIpc) is 2.75. The topological polar surface area (TPSA) is 118 Å². The number of amides is 1. The molecule has 1 aromatic heterocycles. The van der Waals surface area contributed by atoms with Crippen LogP contribution in [0.2, 0.25) is 10.0 Å². The summed E-state index contributed by atoms with van der Waals surface area (Å²) < 4.78 is 30.6. The second-order valence-electron chi connectivity index (χ2n) is 6.40. The maximum absolute atomic E-state index is 12.7. The minimum absolute atomic E-state index is 0.0188. The van der Waals surface area contributed by atoms with E-state index in [4.69, 9.17) is 27.9 Å². The Morgan fingerprint density at radius 3 is 2.41 bits per heavy atom. The highest BCUT2D eigenvalue weighted by atomic mass is 35.5. The van der Waals surface area contributed by atoms with E-state index in [1.165, 1.54) is 18.2 Å². The standard InChI is InChI=1S/C20H17Cl2N3O5S2/c1-30-15-4-2-12(3-5-15)9-23-18(26)11-31-20-24-10-17(19(27)25-20)32(28,29)16-7-13(21)6-14(22)8-16/h2-8,10H,9,11H2,1H3,(H,23,26)(H,24,25,27). The Morgan fingerprint density at radius 1 is 1.16 bits per heavy atom. The number of rotatable bonds is 8. The third-order valence-corrected chi connectivity index (χ3v) is 7.22. The van der Waals surface area contributed by atoms with E-state index in [1.54, 1.807) is 19.2 Å². The highest BCUT2D eigenvalue weighted by Crippen LogP contribution is 2.26. The van der Waals surface area contributed by atoms with E-state index >= 15 is 0 Å². The van der Waals surface area contributed by atoms with Crippen LogP contribution < -0.4 is 15.6 Å². The fourth-order valence-corrected chi connectivity index (χ4v) is 5.19. The highest BCUT2D eigenvalue weighted by Gasteiger charge is 2.23. The van der Waals surface area contributed by atoms with Gasteiger partial charge in [0.1, 0.15) is 5.75 Å². The number of ether oxygens (including phenoxy) is 1. The molecule has 0 saturated heterocycles. The van der Waals surface area contributed by atoms with Gasteiger partial charge in [-0.15, -0.1) is 0 Å². The van der Waals surface area contributed by atoms with E-state index < -0.39 is 20.3 Å². The van der Waals surface area contributed by atoms with E-state index in [1.807, 2.05) is 12.1 Å². The number of nitrogens with one attached hydrogen (secondary N) is 2. The summed E-state index contributed by atoms with van der Waals surface area (Å²) in [5.74, 6) is 0.419. The van der Waals surface area contributed by atoms with Crippen molar-refractivity contribution in [1.29, 1.82) is 0 Å². The Morgan fingerprint density at radius 2 is 1.81 bits per heavy atom. The second kappa shape index (κ2) is 10.4. The Kier molecular flexibility index (Phi) is 7.83. The first kappa shape index (κ1) is 24.1. The van der Waals surface area contributed by atoms with Crippen molar-refractivity contribution in [3.8, 4) is 5.75 Å². The number of carbonyl (C=O) groups excluding carboxylic acids is 1. The number of methoxy groups -OCH3 is 1. The average molecular weight is 514 g/mol. The maximum Gasteiger partial charge on any atom is 0.270 e. The number of H-pyrrole nitrogens is 1. The molecule has 2 N–H and O–H groups in total. The van der Waals surface area contributed by atoms with Gasteiger partial charge in [-0.25, -0.2) is 13.4 Å². The largest absolute Gasteiger partial charge is 0.497 e. The minimum Gasteiger partial charge on any atom is -0.497 e. The van der Waals surface area contributed by atoms with Crippen molar-refractivity contribution in [2.75, 3.05) is 12.9 Å². The smallest absolute Gasteiger partial charge is 0.270 e. The zero-order valence-corrected chi connectivity index (χ0v) is 19.7. The molecule has 3 aromatic rings. The quantitative estimate of drug-likeness (QED) is 0.350. The van der Waals surface area contributed by atoms with Crippen LogP contribution in [0.15, 0.2) is 68.4 Å². The van der Waals surface area contributed by atoms with Crippen LogP contribution in [-0.4, -0.2) is 37.2 Å². The summed E-state index contributed by atoms with van der Waals surface area (Å²) in [4.78, 5) is 30.0. The first-order valence-corrected chi connectivity index (χ1v) is 12.2. The first-order valence-electron chi connectivity index (χ1n) is 9.02. The Labute approximate surface area is 198 Å². The zero-order chi connectivity index (χ0) is 23.3. The lowest BCUT2D eigenvalue weighted by atomic mass is 10.2. The predicted molar refractivity (Wildman–Crippen MR) is 122 cm³/mol. The molecule has 0 radical (unpaired) electrons. The molecule has 32 heavy (non-hydrogen) atoms. The minimum atomic E-state index is -4.18. The first-order chi connectivity index (χ1) is 15.2. The van der Waals surface area contributed by atoms with Gasteiger partial charge in [0.05, 0.1) is 24.0 Å². The molecular weight excluding hydrogens is 497 g/mol. The third-order valence-electron chi connectivity index (χ3n) is 4.17. The number of aromatic amines is 1. The molecule has 0 aliphatic heterocycles. The van der Waals surface area contributed by atoms with Gasteiger partial charge in [-0.2, -0.15) is 0 Å². The molecule has 0 saturated carbocycles. The monoisotopic (exact) mass is 513 g/mol. The molecule has 2 aromatic carbocycles. The number of carbonyl (C=O) groups is 1. The lowest BCUT2D eigenvalue weighted by Gasteiger charge is -2.07. The van der Waals surface area contributed by atoms with Gasteiger partial charge in [0, 0.05) is 16.6 Å². The van der Waals surface area contributed by atoms with Gasteiger partial charge in [0.25, 0.3) is 5.56 Å². The molecule has 0 aliphatic carbocycles. The summed E-state index contributed by atoms with van der Waals surface area (Å²) in [7, 11) is -2.61. The SMILES string of the molecule is COc1ccc(CNC(=O)CSc2ncc(S(=O)(=O)c3cc(Cl)cc(Cl)c3)c(=O)[nH]2)cc1. The number of hydrogen-bond acceptors (Lipinski definition) is 7. The van der Waals surface area contributed by atoms with Crippen LogP contribution in [0.25, 0.3) is 0 Å². The number of benzene rings is 2. The van der Waals surface area contributed by atoms with Crippen molar-refractivity contribution >= 4 is 50.7 Å². The van der Waals surface area contributed by atoms with Crippen molar-refractivity contribution in [2.45, 2.75) is 21.5 Å². The summed E-state index contributed by atoms with van der Waals surface area (Å²) in [6, 6.07) is 11.0. The van der Waals surface area contributed by atoms with E-state index in [9.17, 15) is 18.0 Å². The fraction of sp³-hybridized carbons (Fsp3) is 0.150. The Balaban J connectivity index is 1.63. The van der Waals surface area contributed by atoms with Gasteiger partial charge in [0.2, 0.25) is 15.7 Å². The van der Waals surface area contributed by atoms with E-state index in [0.29, 0.717) is 6.54 Å². The van der Waals surface area contributed by atoms with Crippen LogP contribution in [-0.2, 0) is 21.2 Å². The van der Waals surface area contributed by atoms with Gasteiger partial charge < -0.3 is 15.0 Å². The molecule has 0 bridgehead atoms. The van der Waals surface area contributed by atoms with Crippen LogP contribution in [0, 0.1) is 0 Å². The number of sulfone groups is 1. The summed E-state index contributed by atoms with van der Waals surface area (Å²) in [6.45, 7) is 0.326. The van der Waals surface area contributed by atoms with Gasteiger partial charge in [-0.1, -0.05) is 47.1 Å². The molecule has 0 unspecified atom stereocenters. The van der Waals surface area contributed by atoms with Crippen LogP contribution in [0.1, 0.15) is 5.56 Å². The molecule has 168 valence electrons. The highest BCUT2D eigenvalue weighted by molar-refractivity contribution is 7.99. The van der Waals surface area contributed by atoms with Gasteiger partial charge in [-0.3, -0.25) is 9.59 Å². The molecule has 1 heterocycles. The van der Waals surface area contributed by atoms with Crippen LogP contribution in [0.4, 0.5) is 0 Å². The van der Waals surface area contributed by atoms with Crippen molar-refractivity contribution in [2.24, 2.45) is 0 Å². The van der Waals surface area contributed by atoms with Crippen molar-refractivity contribution in [3.63, 3.8) is 0 Å². The predicted octanol–water partition coefficient (Wildman–Crippen LogP) is 3.33. The number of nitrogens with zero attached hydrogens (tertiary/aromatic N) is 1. The molecule has 0 spiro atoms. The molecular formula is C20H17Cl2N3O5S2. The summed E-state index contributed by atoms with van der Waals surface area (Å²) in [6.07, 6.45) is 0.945. The number of thioether (sulfide) groups is 1. The molecule has 0 atom stereocenters. The van der Waals surface area contributed by atoms with Crippen molar-refractivity contribution in [1.82, 2.24) is 15.3 Å². The summed E-state index contributed by atoms with van der Waals surface area (Å²) in [5, 5.41) is 3.09. The van der Waals surface area contributed by atoms with Crippen LogP contribution >= 0.6 is 35.0 Å². The Bertz CT molecular complexity index is 1280. The molecule has 12 heteroatoms. The van der Waals surface area contributed by atoms with Gasteiger partial charge in [0.15, 0.2) is 10.1 Å². The molecule has 0 fully saturated rings. The lowest BCUT2D eigenvalue weighted by molar-refractivity contribution is -0.118. The van der Waals surface area contributed by atoms with Crippen molar-refractivity contribution < 1.29 is 17.9 Å². The molecule has 0 aliphatic rings. The maximum atomic E-state index is 12.7. The van der Waals surface area contributed by atoms with Gasteiger partial charge in [-0.05, 0) is 35.9 Å². The lowest BCUT2D eigenvalue weighted by Crippen LogP contribution is -2.25. The van der Waals surface area contributed by atoms with E-state index in [0.717, 1.165) is 29.3 Å². The summed E-state index contributed by atoms with van der Waals surface area (Å²) >= 11 is 12.7. The second-order valence-corrected chi connectivity index (χ2v) is 10.2. The molecule has 1 amide bonds. The fourth-order valence-electron chi connectivity index (χ4n) is 2.57. The van der Waals surface area contributed by atoms with Crippen LogP contribution in [0.3, 0.4) is 0 Å². The number of hydrogen-bond donors (Lipinski definition) is 2. The summed E-state index contributed by atoms with van der Waals surface area (Å²) in [5.41, 5.74) is 0.0311. The third kappa shape index (κ3) is 6.04. The zero-order valence-electron chi connectivity index (χ0n) is 16.6. The van der Waals surface area contributed by atoms with Crippen molar-refractivity contribution in [3.05, 3.63) is 74.6 Å². The number of halogens is 2. The van der Waals surface area contributed by atoms with E-state index in [-0.39, 0.29) is 31.8 Å². The van der Waals surface area contributed by atoms with Crippen LogP contribution in [0.5, 0.6) is 5.75 Å². The number of aromatic nitrogens is 2. The van der Waals surface area contributed by atoms with E-state index in [2.05, 4.69) is 15.3 Å². The molecule has 8 nitrogen and oxygen atoms in total. The molecule has 3 rings (SSSR count).